The van der Waals surface area contributed by atoms with Crippen molar-refractivity contribution in [2.45, 2.75) is 32.7 Å². The van der Waals surface area contributed by atoms with Gasteiger partial charge in [0, 0.05) is 44.3 Å². The van der Waals surface area contributed by atoms with Gasteiger partial charge in [-0.3, -0.25) is 19.8 Å². The summed E-state index contributed by atoms with van der Waals surface area (Å²) in [5.41, 5.74) is 1.97. The first-order chi connectivity index (χ1) is 17.4. The Bertz CT molecular complexity index is 1210. The smallest absolute Gasteiger partial charge is 0.328 e. The summed E-state index contributed by atoms with van der Waals surface area (Å²) >= 11 is 0. The number of hydrogen-bond donors (Lipinski definition) is 1. The van der Waals surface area contributed by atoms with Gasteiger partial charge in [0.25, 0.3) is 0 Å². The van der Waals surface area contributed by atoms with Crippen LogP contribution in [0.15, 0.2) is 18.3 Å². The molecule has 2 aromatic rings. The highest BCUT2D eigenvalue weighted by molar-refractivity contribution is 6.01. The van der Waals surface area contributed by atoms with Crippen molar-refractivity contribution in [3.8, 4) is 11.8 Å². The Balaban J connectivity index is 1.54. The SMILES string of the molecule is COCCOc1cc(NC(=O)N2CCCc3cc(CN4CC[C@@H](C)C4=O)c(C=O)nc32)ncc1C#N. The van der Waals surface area contributed by atoms with Gasteiger partial charge in [-0.25, -0.2) is 14.8 Å². The van der Waals surface area contributed by atoms with Crippen LogP contribution in [0, 0.1) is 17.2 Å². The molecule has 0 aliphatic carbocycles. The topological polar surface area (TPSA) is 138 Å². The van der Waals surface area contributed by atoms with Crippen LogP contribution >= 0.6 is 0 Å². The van der Waals surface area contributed by atoms with Gasteiger partial charge < -0.3 is 14.4 Å². The van der Waals surface area contributed by atoms with Crippen LogP contribution in [0.2, 0.25) is 0 Å². The van der Waals surface area contributed by atoms with Crippen LogP contribution < -0.4 is 15.0 Å². The van der Waals surface area contributed by atoms with Crippen molar-refractivity contribution in [3.05, 3.63) is 40.7 Å². The number of likely N-dealkylation sites (tertiary alicyclic amines) is 1. The maximum atomic E-state index is 13.2. The molecule has 0 radical (unpaired) electrons. The van der Waals surface area contributed by atoms with E-state index in [1.54, 1.807) is 12.0 Å². The maximum absolute atomic E-state index is 13.2. The van der Waals surface area contributed by atoms with Crippen LogP contribution in [0.25, 0.3) is 0 Å². The van der Waals surface area contributed by atoms with Crippen molar-refractivity contribution in [1.82, 2.24) is 14.9 Å². The van der Waals surface area contributed by atoms with Crippen LogP contribution in [0.5, 0.6) is 5.75 Å². The molecule has 0 aromatic carbocycles. The number of urea groups is 1. The molecule has 4 heterocycles. The summed E-state index contributed by atoms with van der Waals surface area (Å²) in [7, 11) is 1.54. The molecule has 11 heteroatoms. The summed E-state index contributed by atoms with van der Waals surface area (Å²) in [6, 6.07) is 4.91. The zero-order valence-electron chi connectivity index (χ0n) is 20.3. The zero-order chi connectivity index (χ0) is 25.7. The number of nitrogens with one attached hydrogen (secondary N) is 1. The van der Waals surface area contributed by atoms with Gasteiger partial charge in [0.05, 0.1) is 12.8 Å². The summed E-state index contributed by atoms with van der Waals surface area (Å²) in [6.07, 6.45) is 4.21. The normalized spacial score (nSPS) is 16.9. The lowest BCUT2D eigenvalue weighted by Gasteiger charge is -2.29. The summed E-state index contributed by atoms with van der Waals surface area (Å²) in [4.78, 5) is 49.3. The number of ether oxygens (including phenoxy) is 2. The fraction of sp³-hybridized carbons (Fsp3) is 0.440. The lowest BCUT2D eigenvalue weighted by molar-refractivity contribution is -0.131. The van der Waals surface area contributed by atoms with E-state index in [9.17, 15) is 19.6 Å². The van der Waals surface area contributed by atoms with Crippen molar-refractivity contribution in [1.29, 1.82) is 5.26 Å². The number of fused-ring (bicyclic) bond motifs is 1. The molecule has 4 rings (SSSR count). The van der Waals surface area contributed by atoms with E-state index in [1.807, 2.05) is 19.1 Å². The number of carbonyl (C=O) groups is 3. The number of aromatic nitrogens is 2. The molecule has 11 nitrogen and oxygen atoms in total. The number of anilines is 2. The molecule has 188 valence electrons. The second-order valence-corrected chi connectivity index (χ2v) is 8.79. The Labute approximate surface area is 209 Å². The number of amides is 3. The molecule has 3 amide bonds. The first-order valence-corrected chi connectivity index (χ1v) is 11.8. The minimum absolute atomic E-state index is 0.0174. The number of aryl methyl sites for hydroxylation is 1. The first-order valence-electron chi connectivity index (χ1n) is 11.8. The van der Waals surface area contributed by atoms with Gasteiger partial charge in [0.15, 0.2) is 6.29 Å². The number of carbonyl (C=O) groups excluding carboxylic acids is 3. The molecule has 2 aliphatic rings. The van der Waals surface area contributed by atoms with Gasteiger partial charge in [-0.15, -0.1) is 0 Å². The summed E-state index contributed by atoms with van der Waals surface area (Å²) in [5.74, 6) is 0.973. The number of pyridine rings is 2. The average molecular weight is 493 g/mol. The van der Waals surface area contributed by atoms with Crippen molar-refractivity contribution in [3.63, 3.8) is 0 Å². The van der Waals surface area contributed by atoms with Crippen LogP contribution in [-0.4, -0.2) is 66.5 Å². The first kappa shape index (κ1) is 25.1. The summed E-state index contributed by atoms with van der Waals surface area (Å²) < 4.78 is 10.5. The van der Waals surface area contributed by atoms with Crippen LogP contribution in [0.1, 0.15) is 46.9 Å². The van der Waals surface area contributed by atoms with E-state index in [-0.39, 0.29) is 41.3 Å². The molecular weight excluding hydrogens is 464 g/mol. The van der Waals surface area contributed by atoms with Gasteiger partial charge >= 0.3 is 6.03 Å². The Morgan fingerprint density at radius 1 is 1.33 bits per heavy atom. The van der Waals surface area contributed by atoms with E-state index < -0.39 is 6.03 Å². The molecule has 0 spiro atoms. The Kier molecular flexibility index (Phi) is 7.75. The van der Waals surface area contributed by atoms with Gasteiger partial charge in [-0.1, -0.05) is 6.92 Å². The standard InChI is InChI=1S/C25H28N6O5/c1-16-5-7-30(24(16)33)14-18-10-17-4-3-6-31(23(17)28-20(18)15-32)25(34)29-22-11-21(36-9-8-35-2)19(12-26)13-27-22/h10-11,13,15-16H,3-9,14H2,1-2H3,(H,27,29,34)/t16-/m1/s1. The van der Waals surface area contributed by atoms with Crippen molar-refractivity contribution in [2.75, 3.05) is 43.6 Å². The Morgan fingerprint density at radius 2 is 2.17 bits per heavy atom. The lowest BCUT2D eigenvalue weighted by Crippen LogP contribution is -2.40. The number of nitrogens with zero attached hydrogens (tertiary/aromatic N) is 5. The molecule has 0 saturated carbocycles. The predicted molar refractivity (Wildman–Crippen MR) is 130 cm³/mol. The third-order valence-corrected chi connectivity index (χ3v) is 6.32. The van der Waals surface area contributed by atoms with Gasteiger partial charge in [0.2, 0.25) is 5.91 Å². The molecule has 1 atom stereocenters. The highest BCUT2D eigenvalue weighted by atomic mass is 16.5. The van der Waals surface area contributed by atoms with E-state index in [0.29, 0.717) is 56.8 Å². The second kappa shape index (κ2) is 11.1. The molecule has 1 saturated heterocycles. The van der Waals surface area contributed by atoms with E-state index in [4.69, 9.17) is 9.47 Å². The zero-order valence-corrected chi connectivity index (χ0v) is 20.3. The third kappa shape index (κ3) is 5.28. The quantitative estimate of drug-likeness (QED) is 0.438. The highest BCUT2D eigenvalue weighted by Gasteiger charge is 2.30. The average Bonchev–Trinajstić information content (AvgIpc) is 3.20. The van der Waals surface area contributed by atoms with E-state index in [2.05, 4.69) is 15.3 Å². The van der Waals surface area contributed by atoms with Crippen LogP contribution in [-0.2, 0) is 22.5 Å². The van der Waals surface area contributed by atoms with E-state index in [0.717, 1.165) is 12.0 Å². The fourth-order valence-electron chi connectivity index (χ4n) is 4.36. The minimum Gasteiger partial charge on any atom is -0.490 e. The molecule has 1 fully saturated rings. The van der Waals surface area contributed by atoms with Crippen LogP contribution in [0.3, 0.4) is 0 Å². The van der Waals surface area contributed by atoms with Crippen molar-refractivity contribution in [2.24, 2.45) is 5.92 Å². The Morgan fingerprint density at radius 3 is 2.86 bits per heavy atom. The second-order valence-electron chi connectivity index (χ2n) is 8.79. The molecule has 2 aliphatic heterocycles. The largest absolute Gasteiger partial charge is 0.490 e. The van der Waals surface area contributed by atoms with E-state index >= 15 is 0 Å². The third-order valence-electron chi connectivity index (χ3n) is 6.32. The summed E-state index contributed by atoms with van der Waals surface area (Å²) in [6.45, 7) is 3.88. The van der Waals surface area contributed by atoms with Crippen molar-refractivity contribution >= 4 is 29.9 Å². The number of rotatable bonds is 8. The molecule has 0 unspecified atom stereocenters. The summed E-state index contributed by atoms with van der Waals surface area (Å²) in [5, 5.41) is 12.0. The molecular formula is C25H28N6O5. The maximum Gasteiger partial charge on any atom is 0.328 e. The lowest BCUT2D eigenvalue weighted by atomic mass is 10.0. The number of hydrogen-bond acceptors (Lipinski definition) is 8. The number of methoxy groups -OCH3 is 1. The predicted octanol–water partition coefficient (Wildman–Crippen LogP) is 2.54. The van der Waals surface area contributed by atoms with Crippen LogP contribution in [0.4, 0.5) is 16.4 Å². The van der Waals surface area contributed by atoms with Gasteiger partial charge in [0.1, 0.15) is 41.3 Å². The van der Waals surface area contributed by atoms with Gasteiger partial charge in [-0.2, -0.15) is 5.26 Å². The highest BCUT2D eigenvalue weighted by Crippen LogP contribution is 2.30. The fourth-order valence-corrected chi connectivity index (χ4v) is 4.36. The molecule has 1 N–H and O–H groups in total. The number of nitriles is 1. The monoisotopic (exact) mass is 492 g/mol. The van der Waals surface area contributed by atoms with Gasteiger partial charge in [-0.05, 0) is 30.9 Å². The minimum atomic E-state index is -0.461. The Hall–Kier alpha value is -4.04. The van der Waals surface area contributed by atoms with E-state index in [1.165, 1.54) is 17.2 Å². The molecule has 36 heavy (non-hydrogen) atoms. The molecule has 2 aromatic heterocycles. The molecule has 0 bridgehead atoms. The number of aldehydes is 1. The van der Waals surface area contributed by atoms with Crippen molar-refractivity contribution < 1.29 is 23.9 Å².